The predicted octanol–water partition coefficient (Wildman–Crippen LogP) is 3.01. The zero-order valence-corrected chi connectivity index (χ0v) is 11.9. The molecule has 0 atom stereocenters. The SMILES string of the molecule is Cc1ccc(C(N)=O)c(-c2ccc(C)c3ncccc23)n1. The van der Waals surface area contributed by atoms with Crippen LogP contribution in [0.4, 0.5) is 0 Å². The van der Waals surface area contributed by atoms with Gasteiger partial charge in [0.1, 0.15) is 0 Å². The second kappa shape index (κ2) is 4.98. The monoisotopic (exact) mass is 277 g/mol. The molecule has 21 heavy (non-hydrogen) atoms. The second-order valence-corrected chi connectivity index (χ2v) is 5.04. The summed E-state index contributed by atoms with van der Waals surface area (Å²) in [7, 11) is 0. The third-order valence-electron chi connectivity index (χ3n) is 3.53. The number of rotatable bonds is 2. The molecule has 0 bridgehead atoms. The average molecular weight is 277 g/mol. The Hall–Kier alpha value is -2.75. The molecule has 2 aromatic heterocycles. The van der Waals surface area contributed by atoms with Crippen LogP contribution in [0.3, 0.4) is 0 Å². The molecule has 2 N–H and O–H groups in total. The van der Waals surface area contributed by atoms with Gasteiger partial charge < -0.3 is 5.73 Å². The fraction of sp³-hybridized carbons (Fsp3) is 0.118. The molecular weight excluding hydrogens is 262 g/mol. The van der Waals surface area contributed by atoms with Gasteiger partial charge in [0.15, 0.2) is 0 Å². The first-order valence-corrected chi connectivity index (χ1v) is 6.70. The van der Waals surface area contributed by atoms with E-state index in [0.29, 0.717) is 11.3 Å². The Kier molecular flexibility index (Phi) is 3.14. The van der Waals surface area contributed by atoms with Crippen LogP contribution < -0.4 is 5.73 Å². The summed E-state index contributed by atoms with van der Waals surface area (Å²) in [4.78, 5) is 20.6. The fourth-order valence-electron chi connectivity index (χ4n) is 2.48. The second-order valence-electron chi connectivity index (χ2n) is 5.04. The van der Waals surface area contributed by atoms with Crippen LogP contribution in [0.1, 0.15) is 21.6 Å². The summed E-state index contributed by atoms with van der Waals surface area (Å²) in [5.41, 5.74) is 10.2. The van der Waals surface area contributed by atoms with E-state index >= 15 is 0 Å². The van der Waals surface area contributed by atoms with Gasteiger partial charge in [-0.25, -0.2) is 0 Å². The first kappa shape index (κ1) is 13.2. The summed E-state index contributed by atoms with van der Waals surface area (Å²) in [6.07, 6.45) is 1.76. The zero-order chi connectivity index (χ0) is 15.0. The molecule has 0 aliphatic carbocycles. The Morgan fingerprint density at radius 1 is 1.10 bits per heavy atom. The summed E-state index contributed by atoms with van der Waals surface area (Å²) in [6.45, 7) is 3.90. The normalized spacial score (nSPS) is 10.8. The highest BCUT2D eigenvalue weighted by molar-refractivity contribution is 6.04. The quantitative estimate of drug-likeness (QED) is 0.782. The van der Waals surface area contributed by atoms with Crippen molar-refractivity contribution in [2.45, 2.75) is 13.8 Å². The van der Waals surface area contributed by atoms with Gasteiger partial charge in [0.05, 0.1) is 16.8 Å². The van der Waals surface area contributed by atoms with Crippen molar-refractivity contribution >= 4 is 16.8 Å². The number of nitrogens with two attached hydrogens (primary N) is 1. The third kappa shape index (κ3) is 2.25. The molecule has 4 heteroatoms. The Morgan fingerprint density at radius 3 is 2.67 bits per heavy atom. The van der Waals surface area contributed by atoms with Crippen LogP contribution in [0.5, 0.6) is 0 Å². The molecule has 0 fully saturated rings. The van der Waals surface area contributed by atoms with Crippen molar-refractivity contribution in [3.63, 3.8) is 0 Å². The molecule has 3 aromatic rings. The smallest absolute Gasteiger partial charge is 0.250 e. The van der Waals surface area contributed by atoms with E-state index in [1.165, 1.54) is 0 Å². The predicted molar refractivity (Wildman–Crippen MR) is 83.0 cm³/mol. The van der Waals surface area contributed by atoms with Gasteiger partial charge in [-0.1, -0.05) is 18.2 Å². The van der Waals surface area contributed by atoms with Gasteiger partial charge in [0.2, 0.25) is 0 Å². The van der Waals surface area contributed by atoms with Crippen LogP contribution in [0, 0.1) is 13.8 Å². The lowest BCUT2D eigenvalue weighted by Crippen LogP contribution is -2.13. The lowest BCUT2D eigenvalue weighted by atomic mass is 9.98. The van der Waals surface area contributed by atoms with E-state index in [4.69, 9.17) is 5.73 Å². The molecule has 1 amide bonds. The fourth-order valence-corrected chi connectivity index (χ4v) is 2.48. The number of benzene rings is 1. The summed E-state index contributed by atoms with van der Waals surface area (Å²) in [5.74, 6) is -0.477. The van der Waals surface area contributed by atoms with Crippen molar-refractivity contribution < 1.29 is 4.79 Å². The van der Waals surface area contributed by atoms with E-state index in [2.05, 4.69) is 9.97 Å². The molecule has 2 heterocycles. The number of hydrogen-bond acceptors (Lipinski definition) is 3. The summed E-state index contributed by atoms with van der Waals surface area (Å²) in [5, 5.41) is 0.970. The Labute approximate surface area is 122 Å². The molecule has 0 spiro atoms. The van der Waals surface area contributed by atoms with Gasteiger partial charge in [-0.15, -0.1) is 0 Å². The number of nitrogens with zero attached hydrogens (tertiary/aromatic N) is 2. The number of amides is 1. The molecule has 0 saturated heterocycles. The van der Waals surface area contributed by atoms with E-state index in [1.54, 1.807) is 18.3 Å². The minimum absolute atomic E-state index is 0.426. The molecule has 104 valence electrons. The highest BCUT2D eigenvalue weighted by Crippen LogP contribution is 2.30. The van der Waals surface area contributed by atoms with Gasteiger partial charge in [-0.2, -0.15) is 0 Å². The number of primary amides is 1. The highest BCUT2D eigenvalue weighted by Gasteiger charge is 2.15. The number of fused-ring (bicyclic) bond motifs is 1. The first-order valence-electron chi connectivity index (χ1n) is 6.70. The van der Waals surface area contributed by atoms with Crippen molar-refractivity contribution in [3.05, 3.63) is 59.4 Å². The molecule has 3 rings (SSSR count). The zero-order valence-electron chi connectivity index (χ0n) is 11.9. The van der Waals surface area contributed by atoms with Crippen LogP contribution in [0.15, 0.2) is 42.6 Å². The average Bonchev–Trinajstić information content (AvgIpc) is 2.47. The number of carbonyl (C=O) groups is 1. The maximum Gasteiger partial charge on any atom is 0.250 e. The Bertz CT molecular complexity index is 856. The van der Waals surface area contributed by atoms with Crippen molar-refractivity contribution in [3.8, 4) is 11.3 Å². The van der Waals surface area contributed by atoms with Crippen LogP contribution in [0.25, 0.3) is 22.2 Å². The van der Waals surface area contributed by atoms with Gasteiger partial charge in [0, 0.05) is 22.8 Å². The van der Waals surface area contributed by atoms with E-state index in [9.17, 15) is 4.79 Å². The van der Waals surface area contributed by atoms with E-state index < -0.39 is 5.91 Å². The largest absolute Gasteiger partial charge is 0.366 e. The topological polar surface area (TPSA) is 68.9 Å². The number of aryl methyl sites for hydroxylation is 2. The molecule has 0 aliphatic rings. The highest BCUT2D eigenvalue weighted by atomic mass is 16.1. The molecule has 0 aliphatic heterocycles. The molecular formula is C17H15N3O. The first-order chi connectivity index (χ1) is 10.1. The minimum Gasteiger partial charge on any atom is -0.366 e. The number of carbonyl (C=O) groups excluding carboxylic acids is 1. The van der Waals surface area contributed by atoms with Gasteiger partial charge in [0.25, 0.3) is 5.91 Å². The van der Waals surface area contributed by atoms with E-state index in [0.717, 1.165) is 27.7 Å². The Morgan fingerprint density at radius 2 is 1.90 bits per heavy atom. The third-order valence-corrected chi connectivity index (χ3v) is 3.53. The van der Waals surface area contributed by atoms with Crippen LogP contribution in [-0.2, 0) is 0 Å². The molecule has 1 aromatic carbocycles. The number of aromatic nitrogens is 2. The lowest BCUT2D eigenvalue weighted by molar-refractivity contribution is 0.100. The molecule has 0 unspecified atom stereocenters. The van der Waals surface area contributed by atoms with Gasteiger partial charge >= 0.3 is 0 Å². The van der Waals surface area contributed by atoms with Crippen LogP contribution in [-0.4, -0.2) is 15.9 Å². The van der Waals surface area contributed by atoms with E-state index in [-0.39, 0.29) is 0 Å². The summed E-state index contributed by atoms with van der Waals surface area (Å²) < 4.78 is 0. The molecule has 0 radical (unpaired) electrons. The van der Waals surface area contributed by atoms with Crippen molar-refractivity contribution in [2.75, 3.05) is 0 Å². The summed E-state index contributed by atoms with van der Waals surface area (Å²) in [6, 6.07) is 11.3. The van der Waals surface area contributed by atoms with Crippen molar-refractivity contribution in [1.82, 2.24) is 9.97 Å². The van der Waals surface area contributed by atoms with Crippen molar-refractivity contribution in [2.24, 2.45) is 5.73 Å². The standard InChI is InChI=1S/C17H15N3O/c1-10-5-7-13(12-4-3-9-19-15(10)12)16-14(17(18)21)8-6-11(2)20-16/h3-9H,1-2H3,(H2,18,21). The maximum atomic E-state index is 11.7. The molecule has 4 nitrogen and oxygen atoms in total. The Balaban J connectivity index is 2.39. The number of pyridine rings is 2. The van der Waals surface area contributed by atoms with Crippen LogP contribution >= 0.6 is 0 Å². The minimum atomic E-state index is -0.477. The van der Waals surface area contributed by atoms with E-state index in [1.807, 2.05) is 38.1 Å². The summed E-state index contributed by atoms with van der Waals surface area (Å²) >= 11 is 0. The maximum absolute atomic E-state index is 11.7. The molecule has 0 saturated carbocycles. The lowest BCUT2D eigenvalue weighted by Gasteiger charge is -2.11. The van der Waals surface area contributed by atoms with Crippen molar-refractivity contribution in [1.29, 1.82) is 0 Å². The van der Waals surface area contributed by atoms with Gasteiger partial charge in [-0.05, 0) is 37.6 Å². The number of hydrogen-bond donors (Lipinski definition) is 1. The van der Waals surface area contributed by atoms with Crippen LogP contribution in [0.2, 0.25) is 0 Å². The van der Waals surface area contributed by atoms with Gasteiger partial charge in [-0.3, -0.25) is 14.8 Å².